The fourth-order valence-corrected chi connectivity index (χ4v) is 1.88. The quantitative estimate of drug-likeness (QED) is 0.864. The van der Waals surface area contributed by atoms with Gasteiger partial charge >= 0.3 is 0 Å². The third kappa shape index (κ3) is 3.08. The third-order valence-corrected chi connectivity index (χ3v) is 3.07. The Kier molecular flexibility index (Phi) is 3.63. The van der Waals surface area contributed by atoms with Crippen molar-refractivity contribution in [1.82, 2.24) is 10.3 Å². The highest BCUT2D eigenvalue weighted by atomic mass is 16.1. The molecule has 0 saturated heterocycles. The normalized spacial score (nSPS) is 11.4. The molecule has 18 heavy (non-hydrogen) atoms. The molecule has 2 aromatic rings. The molecule has 0 fully saturated rings. The maximum Gasteiger partial charge on any atom is 0.248 e. The number of rotatable bonds is 4. The summed E-state index contributed by atoms with van der Waals surface area (Å²) in [6, 6.07) is 13.8. The lowest BCUT2D eigenvalue weighted by molar-refractivity contribution is 0.401. The first-order valence-corrected chi connectivity index (χ1v) is 6.06. The van der Waals surface area contributed by atoms with Gasteiger partial charge in [0.25, 0.3) is 0 Å². The van der Waals surface area contributed by atoms with Crippen LogP contribution in [0.1, 0.15) is 25.0 Å². The first kappa shape index (κ1) is 12.6. The number of hydrogen-bond donors (Lipinski definition) is 2. The zero-order valence-electron chi connectivity index (χ0n) is 10.7. The van der Waals surface area contributed by atoms with Crippen molar-refractivity contribution in [1.29, 1.82) is 0 Å². The zero-order valence-corrected chi connectivity index (χ0v) is 10.7. The van der Waals surface area contributed by atoms with Gasteiger partial charge in [0.2, 0.25) is 5.56 Å². The Labute approximate surface area is 107 Å². The molecule has 3 heteroatoms. The second-order valence-electron chi connectivity index (χ2n) is 4.91. The SMILES string of the molecule is CC(C)(NCc1cc[nH]c(=O)c1)c1ccccc1. The van der Waals surface area contributed by atoms with E-state index in [1.165, 1.54) is 5.56 Å². The number of benzene rings is 1. The average molecular weight is 242 g/mol. The maximum atomic E-state index is 11.2. The topological polar surface area (TPSA) is 44.9 Å². The van der Waals surface area contributed by atoms with Gasteiger partial charge in [-0.05, 0) is 31.0 Å². The summed E-state index contributed by atoms with van der Waals surface area (Å²) in [4.78, 5) is 13.8. The highest BCUT2D eigenvalue weighted by Gasteiger charge is 2.18. The van der Waals surface area contributed by atoms with E-state index in [4.69, 9.17) is 0 Å². The van der Waals surface area contributed by atoms with Crippen LogP contribution in [0.15, 0.2) is 53.5 Å². The second kappa shape index (κ2) is 5.19. The summed E-state index contributed by atoms with van der Waals surface area (Å²) in [5, 5.41) is 3.47. The maximum absolute atomic E-state index is 11.2. The van der Waals surface area contributed by atoms with Crippen LogP contribution in [0.4, 0.5) is 0 Å². The van der Waals surface area contributed by atoms with E-state index in [1.807, 2.05) is 24.3 Å². The molecule has 0 radical (unpaired) electrons. The van der Waals surface area contributed by atoms with Crippen molar-refractivity contribution in [3.63, 3.8) is 0 Å². The van der Waals surface area contributed by atoms with Crippen LogP contribution in [0.25, 0.3) is 0 Å². The highest BCUT2D eigenvalue weighted by Crippen LogP contribution is 2.19. The van der Waals surface area contributed by atoms with Crippen molar-refractivity contribution in [2.75, 3.05) is 0 Å². The van der Waals surface area contributed by atoms with Gasteiger partial charge in [-0.3, -0.25) is 4.79 Å². The minimum atomic E-state index is -0.121. The minimum absolute atomic E-state index is 0.0631. The molecule has 1 aromatic carbocycles. The van der Waals surface area contributed by atoms with Gasteiger partial charge < -0.3 is 10.3 Å². The molecule has 0 bridgehead atoms. The molecule has 1 aromatic heterocycles. The molecule has 2 N–H and O–H groups in total. The highest BCUT2D eigenvalue weighted by molar-refractivity contribution is 5.23. The molecule has 0 atom stereocenters. The van der Waals surface area contributed by atoms with Gasteiger partial charge in [-0.15, -0.1) is 0 Å². The Bertz CT molecular complexity index is 558. The van der Waals surface area contributed by atoms with Crippen LogP contribution in [-0.4, -0.2) is 4.98 Å². The summed E-state index contributed by atoms with van der Waals surface area (Å²) in [5.74, 6) is 0. The third-order valence-electron chi connectivity index (χ3n) is 3.07. The van der Waals surface area contributed by atoms with Gasteiger partial charge in [-0.2, -0.15) is 0 Å². The van der Waals surface area contributed by atoms with E-state index >= 15 is 0 Å². The summed E-state index contributed by atoms with van der Waals surface area (Å²) in [6.07, 6.45) is 1.68. The van der Waals surface area contributed by atoms with Gasteiger partial charge in [0, 0.05) is 24.3 Å². The van der Waals surface area contributed by atoms with Crippen LogP contribution in [-0.2, 0) is 12.1 Å². The fraction of sp³-hybridized carbons (Fsp3) is 0.267. The van der Waals surface area contributed by atoms with Crippen LogP contribution in [0.2, 0.25) is 0 Å². The largest absolute Gasteiger partial charge is 0.329 e. The Morgan fingerprint density at radius 3 is 2.56 bits per heavy atom. The predicted octanol–water partition coefficient (Wildman–Crippen LogP) is 2.40. The Balaban J connectivity index is 2.08. The summed E-state index contributed by atoms with van der Waals surface area (Å²) in [6.45, 7) is 4.94. The van der Waals surface area contributed by atoms with Crippen molar-refractivity contribution in [2.24, 2.45) is 0 Å². The molecule has 0 amide bonds. The standard InChI is InChI=1S/C15H18N2O/c1-15(2,13-6-4-3-5-7-13)17-11-12-8-9-16-14(18)10-12/h3-10,17H,11H2,1-2H3,(H,16,18). The van der Waals surface area contributed by atoms with Gasteiger partial charge in [-0.1, -0.05) is 30.3 Å². The fourth-order valence-electron chi connectivity index (χ4n) is 1.88. The summed E-state index contributed by atoms with van der Waals surface area (Å²) < 4.78 is 0. The van der Waals surface area contributed by atoms with Crippen LogP contribution >= 0.6 is 0 Å². The average Bonchev–Trinajstić information content (AvgIpc) is 2.38. The molecule has 94 valence electrons. The molecule has 3 nitrogen and oxygen atoms in total. The van der Waals surface area contributed by atoms with Crippen LogP contribution in [0, 0.1) is 0 Å². The summed E-state index contributed by atoms with van der Waals surface area (Å²) in [7, 11) is 0. The van der Waals surface area contributed by atoms with Gasteiger partial charge in [0.05, 0.1) is 0 Å². The van der Waals surface area contributed by atoms with E-state index in [1.54, 1.807) is 12.3 Å². The second-order valence-corrected chi connectivity index (χ2v) is 4.91. The lowest BCUT2D eigenvalue weighted by atomic mass is 9.94. The van der Waals surface area contributed by atoms with Gasteiger partial charge in [0.15, 0.2) is 0 Å². The van der Waals surface area contributed by atoms with E-state index in [2.05, 4.69) is 36.3 Å². The molecular formula is C15H18N2O. The van der Waals surface area contributed by atoms with E-state index in [9.17, 15) is 4.79 Å². The zero-order chi connectivity index (χ0) is 13.0. The first-order valence-electron chi connectivity index (χ1n) is 6.06. The van der Waals surface area contributed by atoms with Crippen LogP contribution in [0.5, 0.6) is 0 Å². The monoisotopic (exact) mass is 242 g/mol. The van der Waals surface area contributed by atoms with Crippen LogP contribution in [0.3, 0.4) is 0 Å². The Morgan fingerprint density at radius 2 is 1.89 bits per heavy atom. The smallest absolute Gasteiger partial charge is 0.248 e. The van der Waals surface area contributed by atoms with Crippen molar-refractivity contribution in [2.45, 2.75) is 25.9 Å². The number of nitrogens with one attached hydrogen (secondary N) is 2. The molecule has 2 rings (SSSR count). The lowest BCUT2D eigenvalue weighted by Crippen LogP contribution is -2.36. The molecule has 0 aliphatic rings. The molecule has 0 aliphatic heterocycles. The first-order chi connectivity index (χ1) is 8.58. The van der Waals surface area contributed by atoms with Crippen molar-refractivity contribution in [3.05, 3.63) is 70.1 Å². The summed E-state index contributed by atoms with van der Waals surface area (Å²) in [5.41, 5.74) is 2.04. The summed E-state index contributed by atoms with van der Waals surface area (Å²) >= 11 is 0. The van der Waals surface area contributed by atoms with Crippen molar-refractivity contribution >= 4 is 0 Å². The number of aromatic amines is 1. The van der Waals surface area contributed by atoms with Crippen LogP contribution < -0.4 is 10.9 Å². The molecule has 0 unspecified atom stereocenters. The molecule has 0 spiro atoms. The molecule has 0 saturated carbocycles. The predicted molar refractivity (Wildman–Crippen MR) is 73.4 cm³/mol. The van der Waals surface area contributed by atoms with E-state index in [-0.39, 0.29) is 11.1 Å². The lowest BCUT2D eigenvalue weighted by Gasteiger charge is -2.27. The van der Waals surface area contributed by atoms with E-state index < -0.39 is 0 Å². The van der Waals surface area contributed by atoms with E-state index in [0.29, 0.717) is 6.54 Å². The Morgan fingerprint density at radius 1 is 1.17 bits per heavy atom. The van der Waals surface area contributed by atoms with Crippen molar-refractivity contribution < 1.29 is 0 Å². The molecule has 0 aliphatic carbocycles. The number of H-pyrrole nitrogens is 1. The Hall–Kier alpha value is -1.87. The van der Waals surface area contributed by atoms with Gasteiger partial charge in [0.1, 0.15) is 0 Å². The molecule has 1 heterocycles. The number of pyridine rings is 1. The number of hydrogen-bond acceptors (Lipinski definition) is 2. The number of aromatic nitrogens is 1. The molecular weight excluding hydrogens is 224 g/mol. The van der Waals surface area contributed by atoms with E-state index in [0.717, 1.165) is 5.56 Å². The van der Waals surface area contributed by atoms with Crippen molar-refractivity contribution in [3.8, 4) is 0 Å². The minimum Gasteiger partial charge on any atom is -0.329 e. The van der Waals surface area contributed by atoms with Gasteiger partial charge in [-0.25, -0.2) is 0 Å².